The number of hydrogen-bond donors (Lipinski definition) is 1. The van der Waals surface area contributed by atoms with Crippen LogP contribution in [0.4, 0.5) is 13.2 Å². The summed E-state index contributed by atoms with van der Waals surface area (Å²) in [5, 5.41) is 3.75. The van der Waals surface area contributed by atoms with Gasteiger partial charge in [0.15, 0.2) is 0 Å². The van der Waals surface area contributed by atoms with Gasteiger partial charge in [0.05, 0.1) is 18.6 Å². The molecule has 26 heavy (non-hydrogen) atoms. The van der Waals surface area contributed by atoms with E-state index in [1.807, 2.05) is 0 Å². The Hall–Kier alpha value is -2.48. The van der Waals surface area contributed by atoms with Crippen molar-refractivity contribution in [2.45, 2.75) is 19.0 Å². The number of ketones is 1. The molecule has 0 aliphatic carbocycles. The van der Waals surface area contributed by atoms with Gasteiger partial charge in [-0.2, -0.15) is 18.3 Å². The Labute approximate surface area is 156 Å². The van der Waals surface area contributed by atoms with Crippen LogP contribution in [0.3, 0.4) is 0 Å². The number of amides is 1. The molecule has 8 heteroatoms. The first kappa shape index (κ1) is 19.8. The Morgan fingerprint density at radius 2 is 1.62 bits per heavy atom. The van der Waals surface area contributed by atoms with E-state index in [-0.39, 0.29) is 12.1 Å². The van der Waals surface area contributed by atoms with Crippen LogP contribution in [0.2, 0.25) is 0 Å². The molecular weight excluding hydrogens is 413 g/mol. The Kier molecular flexibility index (Phi) is 6.68. The van der Waals surface area contributed by atoms with Gasteiger partial charge in [-0.3, -0.25) is 9.59 Å². The highest BCUT2D eigenvalue weighted by atomic mass is 79.9. The van der Waals surface area contributed by atoms with E-state index >= 15 is 0 Å². The van der Waals surface area contributed by atoms with Crippen LogP contribution in [-0.4, -0.2) is 23.6 Å². The zero-order valence-electron chi connectivity index (χ0n) is 13.4. The smallest absolute Gasteiger partial charge is 0.289 e. The molecule has 0 saturated carbocycles. The van der Waals surface area contributed by atoms with E-state index in [0.29, 0.717) is 5.56 Å². The first-order chi connectivity index (χ1) is 12.3. The summed E-state index contributed by atoms with van der Waals surface area (Å²) in [7, 11) is 0. The fourth-order valence-electron chi connectivity index (χ4n) is 2.05. The summed E-state index contributed by atoms with van der Waals surface area (Å²) in [6, 6.07) is 15.0. The van der Waals surface area contributed by atoms with Crippen molar-refractivity contribution in [2.24, 2.45) is 5.10 Å². The van der Waals surface area contributed by atoms with Crippen LogP contribution in [0.15, 0.2) is 64.2 Å². The molecule has 2 aromatic carbocycles. The molecule has 4 nitrogen and oxygen atoms in total. The second kappa shape index (κ2) is 8.75. The Balaban J connectivity index is 2.16. The lowest BCUT2D eigenvalue weighted by Crippen LogP contribution is -2.28. The maximum Gasteiger partial charge on any atom is 0.450 e. The molecule has 2 aromatic rings. The predicted molar refractivity (Wildman–Crippen MR) is 94.6 cm³/mol. The lowest BCUT2D eigenvalue weighted by Gasteiger charge is -2.09. The summed E-state index contributed by atoms with van der Waals surface area (Å²) in [5.74, 6) is -2.43. The molecule has 0 aliphatic heterocycles. The highest BCUT2D eigenvalue weighted by Crippen LogP contribution is 2.20. The number of rotatable bonds is 6. The van der Waals surface area contributed by atoms with E-state index in [2.05, 4.69) is 26.5 Å². The number of carbonyl (C=O) groups excluding carboxylic acids is 2. The number of nitrogens with one attached hydrogen (secondary N) is 1. The highest BCUT2D eigenvalue weighted by molar-refractivity contribution is 9.10. The molecule has 136 valence electrons. The van der Waals surface area contributed by atoms with Gasteiger partial charge in [-0.25, -0.2) is 5.43 Å². The van der Waals surface area contributed by atoms with Crippen LogP contribution >= 0.6 is 15.9 Å². The van der Waals surface area contributed by atoms with Gasteiger partial charge in [-0.15, -0.1) is 0 Å². The first-order valence-electron chi connectivity index (χ1n) is 7.51. The molecule has 0 radical (unpaired) electrons. The molecule has 1 N–H and O–H groups in total. The minimum atomic E-state index is -4.97. The summed E-state index contributed by atoms with van der Waals surface area (Å²) >= 11 is 3.22. The van der Waals surface area contributed by atoms with Crippen molar-refractivity contribution in [2.75, 3.05) is 0 Å². The minimum Gasteiger partial charge on any atom is -0.289 e. The van der Waals surface area contributed by atoms with Gasteiger partial charge in [-0.05, 0) is 23.3 Å². The van der Waals surface area contributed by atoms with Crippen molar-refractivity contribution < 1.29 is 22.8 Å². The fourth-order valence-corrected chi connectivity index (χ4v) is 2.32. The third-order valence-corrected chi connectivity index (χ3v) is 3.87. The average Bonchev–Trinajstić information content (AvgIpc) is 2.59. The van der Waals surface area contributed by atoms with E-state index < -0.39 is 24.3 Å². The summed E-state index contributed by atoms with van der Waals surface area (Å²) in [6.07, 6.45) is -5.91. The van der Waals surface area contributed by atoms with Crippen LogP contribution in [0.1, 0.15) is 17.5 Å². The molecule has 0 unspecified atom stereocenters. The zero-order valence-corrected chi connectivity index (χ0v) is 15.0. The summed E-state index contributed by atoms with van der Waals surface area (Å²) in [5.41, 5.74) is 3.10. The Morgan fingerprint density at radius 3 is 2.19 bits per heavy atom. The lowest BCUT2D eigenvalue weighted by atomic mass is 10.1. The number of hydrazone groups is 1. The van der Waals surface area contributed by atoms with E-state index in [9.17, 15) is 22.8 Å². The second-order valence-electron chi connectivity index (χ2n) is 5.36. The van der Waals surface area contributed by atoms with E-state index in [0.717, 1.165) is 10.0 Å². The lowest BCUT2D eigenvalue weighted by molar-refractivity contribution is -0.169. The van der Waals surface area contributed by atoms with Crippen molar-refractivity contribution in [3.05, 3.63) is 70.2 Å². The maximum absolute atomic E-state index is 12.6. The zero-order chi connectivity index (χ0) is 19.2. The van der Waals surface area contributed by atoms with E-state index in [4.69, 9.17) is 0 Å². The van der Waals surface area contributed by atoms with Crippen molar-refractivity contribution in [3.63, 3.8) is 0 Å². The third-order valence-electron chi connectivity index (χ3n) is 3.34. The molecule has 0 spiro atoms. The molecule has 0 atom stereocenters. The van der Waals surface area contributed by atoms with Gasteiger partial charge < -0.3 is 0 Å². The van der Waals surface area contributed by atoms with Crippen molar-refractivity contribution in [1.29, 1.82) is 0 Å². The van der Waals surface area contributed by atoms with Crippen LogP contribution in [0.25, 0.3) is 0 Å². The van der Waals surface area contributed by atoms with Crippen LogP contribution < -0.4 is 5.43 Å². The summed E-state index contributed by atoms with van der Waals surface area (Å²) in [6.45, 7) is 0. The minimum absolute atomic E-state index is 0.0190. The number of alkyl halides is 3. The summed E-state index contributed by atoms with van der Waals surface area (Å²) in [4.78, 5) is 23.3. The highest BCUT2D eigenvalue weighted by Gasteiger charge is 2.38. The van der Waals surface area contributed by atoms with Gasteiger partial charge in [0, 0.05) is 4.47 Å². The number of Topliss-reactive ketones (excluding diaryl/α,β-unsaturated/α-hetero) is 1. The molecule has 1 amide bonds. The maximum atomic E-state index is 12.6. The molecule has 0 bridgehead atoms. The SMILES string of the molecule is O=C(Cc1ccccc1)N/N=C(\CC(=O)C(F)(F)F)c1ccc(Br)cc1. The predicted octanol–water partition coefficient (Wildman–Crippen LogP) is 4.03. The Morgan fingerprint density at radius 1 is 1.00 bits per heavy atom. The van der Waals surface area contributed by atoms with Crippen molar-refractivity contribution in [3.8, 4) is 0 Å². The van der Waals surface area contributed by atoms with E-state index in [1.165, 1.54) is 12.1 Å². The number of carbonyl (C=O) groups is 2. The molecule has 0 fully saturated rings. The number of nitrogens with zero attached hydrogens (tertiary/aromatic N) is 1. The largest absolute Gasteiger partial charge is 0.450 e. The van der Waals surface area contributed by atoms with Crippen LogP contribution in [0, 0.1) is 0 Å². The fraction of sp³-hybridized carbons (Fsp3) is 0.167. The first-order valence-corrected chi connectivity index (χ1v) is 8.30. The molecule has 0 aliphatic rings. The number of halogens is 4. The van der Waals surface area contributed by atoms with Gasteiger partial charge in [-0.1, -0.05) is 58.4 Å². The third kappa shape index (κ3) is 6.11. The normalized spacial score (nSPS) is 11.9. The Bertz CT molecular complexity index is 803. The molecule has 0 saturated heterocycles. The monoisotopic (exact) mass is 426 g/mol. The van der Waals surface area contributed by atoms with Gasteiger partial charge in [0.1, 0.15) is 0 Å². The quantitative estimate of drug-likeness (QED) is 0.559. The van der Waals surface area contributed by atoms with Crippen LogP contribution in [0.5, 0.6) is 0 Å². The van der Waals surface area contributed by atoms with Crippen molar-refractivity contribution >= 4 is 33.3 Å². The standard InChI is InChI=1S/C18H14BrF3N2O2/c19-14-8-6-13(7-9-14)15(11-16(25)18(20,21)22)23-24-17(26)10-12-4-2-1-3-5-12/h1-9H,10-11H2,(H,24,26)/b23-15+. The summed E-state index contributed by atoms with van der Waals surface area (Å²) < 4.78 is 38.4. The number of benzene rings is 2. The van der Waals surface area contributed by atoms with E-state index in [1.54, 1.807) is 42.5 Å². The molecule has 0 aromatic heterocycles. The van der Waals surface area contributed by atoms with Gasteiger partial charge in [0.25, 0.3) is 0 Å². The van der Waals surface area contributed by atoms with Crippen molar-refractivity contribution in [1.82, 2.24) is 5.43 Å². The topological polar surface area (TPSA) is 58.5 Å². The van der Waals surface area contributed by atoms with Crippen LogP contribution in [-0.2, 0) is 16.0 Å². The number of hydrogen-bond acceptors (Lipinski definition) is 3. The van der Waals surface area contributed by atoms with Gasteiger partial charge in [0.2, 0.25) is 11.7 Å². The average molecular weight is 427 g/mol. The molecule has 2 rings (SSSR count). The molecule has 0 heterocycles. The molecular formula is C18H14BrF3N2O2. The van der Waals surface area contributed by atoms with Gasteiger partial charge >= 0.3 is 6.18 Å². The second-order valence-corrected chi connectivity index (χ2v) is 6.28.